The lowest BCUT2D eigenvalue weighted by molar-refractivity contribution is 0.0728. The number of aromatic nitrogens is 2. The molecule has 0 radical (unpaired) electrons. The van der Waals surface area contributed by atoms with Gasteiger partial charge in [0.2, 0.25) is 0 Å². The Hall–Kier alpha value is -2.50. The highest BCUT2D eigenvalue weighted by atomic mass is 16.5. The van der Waals surface area contributed by atoms with Gasteiger partial charge in [0.25, 0.3) is 5.91 Å². The van der Waals surface area contributed by atoms with Gasteiger partial charge < -0.3 is 15.4 Å². The SMILES string of the molecule is CCc1[nH]nc(C(=O)N2CCOc3ccccc3C2)c1N. The fourth-order valence-electron chi connectivity index (χ4n) is 2.47. The number of para-hydroxylation sites is 1. The molecule has 0 atom stereocenters. The highest BCUT2D eigenvalue weighted by molar-refractivity contribution is 5.97. The van der Waals surface area contributed by atoms with Crippen molar-refractivity contribution < 1.29 is 9.53 Å². The summed E-state index contributed by atoms with van der Waals surface area (Å²) in [6, 6.07) is 7.75. The number of nitrogens with two attached hydrogens (primary N) is 1. The van der Waals surface area contributed by atoms with Gasteiger partial charge in [0.05, 0.1) is 17.9 Å². The number of carbonyl (C=O) groups is 1. The van der Waals surface area contributed by atoms with Crippen LogP contribution >= 0.6 is 0 Å². The fourth-order valence-corrected chi connectivity index (χ4v) is 2.47. The van der Waals surface area contributed by atoms with Gasteiger partial charge in [0.1, 0.15) is 12.4 Å². The normalized spacial score (nSPS) is 14.2. The second-order valence-corrected chi connectivity index (χ2v) is 5.00. The summed E-state index contributed by atoms with van der Waals surface area (Å²) in [7, 11) is 0. The first-order valence-electron chi connectivity index (χ1n) is 7.03. The van der Waals surface area contributed by atoms with Crippen molar-refractivity contribution in [2.75, 3.05) is 18.9 Å². The van der Waals surface area contributed by atoms with E-state index in [4.69, 9.17) is 10.5 Å². The lowest BCUT2D eigenvalue weighted by Crippen LogP contribution is -2.33. The third kappa shape index (κ3) is 2.44. The van der Waals surface area contributed by atoms with E-state index >= 15 is 0 Å². The molecule has 2 heterocycles. The highest BCUT2D eigenvalue weighted by Gasteiger charge is 2.25. The molecule has 0 saturated carbocycles. The highest BCUT2D eigenvalue weighted by Crippen LogP contribution is 2.24. The average molecular weight is 286 g/mol. The monoisotopic (exact) mass is 286 g/mol. The van der Waals surface area contributed by atoms with Crippen LogP contribution in [0.1, 0.15) is 28.7 Å². The van der Waals surface area contributed by atoms with Gasteiger partial charge in [-0.2, -0.15) is 5.10 Å². The molecule has 1 aromatic heterocycles. The molecular formula is C15H18N4O2. The van der Waals surface area contributed by atoms with Gasteiger partial charge in [-0.3, -0.25) is 9.89 Å². The van der Waals surface area contributed by atoms with E-state index in [-0.39, 0.29) is 5.91 Å². The zero-order valence-corrected chi connectivity index (χ0v) is 11.9. The van der Waals surface area contributed by atoms with Crippen LogP contribution in [0.5, 0.6) is 5.75 Å². The van der Waals surface area contributed by atoms with Crippen LogP contribution in [-0.2, 0) is 13.0 Å². The van der Waals surface area contributed by atoms with E-state index in [1.807, 2.05) is 31.2 Å². The molecule has 2 aromatic rings. The molecule has 1 amide bonds. The number of fused-ring (bicyclic) bond motifs is 1. The molecule has 0 saturated heterocycles. The largest absolute Gasteiger partial charge is 0.491 e. The molecule has 0 bridgehead atoms. The van der Waals surface area contributed by atoms with Crippen molar-refractivity contribution in [3.8, 4) is 5.75 Å². The zero-order chi connectivity index (χ0) is 14.8. The molecule has 1 aromatic carbocycles. The number of ether oxygens (including phenoxy) is 1. The van der Waals surface area contributed by atoms with Crippen LogP contribution in [0.25, 0.3) is 0 Å². The zero-order valence-electron chi connectivity index (χ0n) is 11.9. The van der Waals surface area contributed by atoms with Crippen molar-refractivity contribution >= 4 is 11.6 Å². The van der Waals surface area contributed by atoms with E-state index < -0.39 is 0 Å². The second kappa shape index (κ2) is 5.47. The van der Waals surface area contributed by atoms with Gasteiger partial charge >= 0.3 is 0 Å². The fraction of sp³-hybridized carbons (Fsp3) is 0.333. The van der Waals surface area contributed by atoms with E-state index in [9.17, 15) is 4.79 Å². The lowest BCUT2D eigenvalue weighted by Gasteiger charge is -2.18. The molecule has 1 aliphatic heterocycles. The number of rotatable bonds is 2. The maximum atomic E-state index is 12.6. The average Bonchev–Trinajstić information content (AvgIpc) is 2.74. The third-order valence-electron chi connectivity index (χ3n) is 3.68. The molecule has 0 spiro atoms. The van der Waals surface area contributed by atoms with Crippen LogP contribution in [0.15, 0.2) is 24.3 Å². The maximum Gasteiger partial charge on any atom is 0.276 e. The molecule has 6 heteroatoms. The van der Waals surface area contributed by atoms with Crippen molar-refractivity contribution in [2.45, 2.75) is 19.9 Å². The van der Waals surface area contributed by atoms with Crippen molar-refractivity contribution in [3.63, 3.8) is 0 Å². The van der Waals surface area contributed by atoms with Crippen molar-refractivity contribution in [1.29, 1.82) is 0 Å². The first-order valence-corrected chi connectivity index (χ1v) is 7.03. The Morgan fingerprint density at radius 3 is 3.05 bits per heavy atom. The molecular weight excluding hydrogens is 268 g/mol. The molecule has 3 N–H and O–H groups in total. The summed E-state index contributed by atoms with van der Waals surface area (Å²) >= 11 is 0. The summed E-state index contributed by atoms with van der Waals surface area (Å²) in [6.07, 6.45) is 0.720. The van der Waals surface area contributed by atoms with Gasteiger partial charge in [-0.25, -0.2) is 0 Å². The summed E-state index contributed by atoms with van der Waals surface area (Å²) in [5.74, 6) is 0.667. The minimum atomic E-state index is -0.163. The molecule has 1 aliphatic rings. The molecule has 0 unspecified atom stereocenters. The minimum absolute atomic E-state index is 0.163. The number of nitrogens with one attached hydrogen (secondary N) is 1. The number of nitrogen functional groups attached to an aromatic ring is 1. The summed E-state index contributed by atoms with van der Waals surface area (Å²) in [5, 5.41) is 6.89. The van der Waals surface area contributed by atoms with E-state index in [0.29, 0.717) is 31.1 Å². The number of benzene rings is 1. The Balaban J connectivity index is 1.86. The predicted octanol–water partition coefficient (Wildman–Crippen LogP) is 1.59. The Kier molecular flexibility index (Phi) is 3.51. The minimum Gasteiger partial charge on any atom is -0.491 e. The van der Waals surface area contributed by atoms with Crippen LogP contribution in [0.3, 0.4) is 0 Å². The molecule has 0 aliphatic carbocycles. The van der Waals surface area contributed by atoms with E-state index in [2.05, 4.69) is 10.2 Å². The van der Waals surface area contributed by atoms with Crippen LogP contribution in [0, 0.1) is 0 Å². The van der Waals surface area contributed by atoms with Gasteiger partial charge in [0, 0.05) is 12.1 Å². The number of amides is 1. The Morgan fingerprint density at radius 1 is 1.48 bits per heavy atom. The molecule has 110 valence electrons. The summed E-state index contributed by atoms with van der Waals surface area (Å²) < 4.78 is 5.67. The van der Waals surface area contributed by atoms with E-state index in [0.717, 1.165) is 23.4 Å². The standard InChI is InChI=1S/C15H18N4O2/c1-2-11-13(16)14(18-17-11)15(20)19-7-8-21-12-6-4-3-5-10(12)9-19/h3-6H,2,7-9,16H2,1H3,(H,17,18). The first kappa shape index (κ1) is 13.5. The maximum absolute atomic E-state index is 12.6. The van der Waals surface area contributed by atoms with Gasteiger partial charge in [-0.1, -0.05) is 25.1 Å². The van der Waals surface area contributed by atoms with Crippen LogP contribution in [-0.4, -0.2) is 34.2 Å². The third-order valence-corrected chi connectivity index (χ3v) is 3.68. The second-order valence-electron chi connectivity index (χ2n) is 5.00. The van der Waals surface area contributed by atoms with Gasteiger partial charge in [-0.15, -0.1) is 0 Å². The molecule has 3 rings (SSSR count). The number of hydrogen-bond donors (Lipinski definition) is 2. The predicted molar refractivity (Wildman–Crippen MR) is 79.1 cm³/mol. The number of aryl methyl sites for hydroxylation is 1. The van der Waals surface area contributed by atoms with Gasteiger partial charge in [0.15, 0.2) is 5.69 Å². The van der Waals surface area contributed by atoms with E-state index in [1.165, 1.54) is 0 Å². The first-order chi connectivity index (χ1) is 10.2. The number of anilines is 1. The number of carbonyl (C=O) groups excluding carboxylic acids is 1. The van der Waals surface area contributed by atoms with Crippen LogP contribution in [0.2, 0.25) is 0 Å². The van der Waals surface area contributed by atoms with Gasteiger partial charge in [-0.05, 0) is 12.5 Å². The Labute approximate surface area is 122 Å². The van der Waals surface area contributed by atoms with Crippen LogP contribution in [0.4, 0.5) is 5.69 Å². The van der Waals surface area contributed by atoms with Crippen molar-refractivity contribution in [2.24, 2.45) is 0 Å². The van der Waals surface area contributed by atoms with Crippen molar-refractivity contribution in [3.05, 3.63) is 41.2 Å². The molecule has 0 fully saturated rings. The topological polar surface area (TPSA) is 84.2 Å². The van der Waals surface area contributed by atoms with E-state index in [1.54, 1.807) is 4.90 Å². The number of aromatic amines is 1. The number of nitrogens with zero attached hydrogens (tertiary/aromatic N) is 2. The number of hydrogen-bond acceptors (Lipinski definition) is 4. The van der Waals surface area contributed by atoms with Crippen LogP contribution < -0.4 is 10.5 Å². The Bertz CT molecular complexity index is 665. The summed E-state index contributed by atoms with van der Waals surface area (Å²) in [4.78, 5) is 14.3. The molecule has 21 heavy (non-hydrogen) atoms. The number of H-pyrrole nitrogens is 1. The molecule has 6 nitrogen and oxygen atoms in total. The summed E-state index contributed by atoms with van der Waals surface area (Å²) in [5.41, 5.74) is 8.52. The Morgan fingerprint density at radius 2 is 2.29 bits per heavy atom. The quantitative estimate of drug-likeness (QED) is 0.878. The smallest absolute Gasteiger partial charge is 0.276 e. The summed E-state index contributed by atoms with van der Waals surface area (Å²) in [6.45, 7) is 3.45. The lowest BCUT2D eigenvalue weighted by atomic mass is 10.2. The van der Waals surface area contributed by atoms with Crippen molar-refractivity contribution in [1.82, 2.24) is 15.1 Å².